The van der Waals surface area contributed by atoms with E-state index in [1.807, 2.05) is 13.8 Å². The fraction of sp³-hybridized carbons (Fsp3) is 1.00. The summed E-state index contributed by atoms with van der Waals surface area (Å²) in [6.45, 7) is 3.96. The Bertz CT molecular complexity index is 255. The van der Waals surface area contributed by atoms with Crippen LogP contribution in [-0.4, -0.2) is 30.4 Å². The molecule has 0 radical (unpaired) electrons. The molecule has 0 amide bonds. The summed E-state index contributed by atoms with van der Waals surface area (Å²) >= 11 is 6.71. The molecule has 0 saturated heterocycles. The van der Waals surface area contributed by atoms with Gasteiger partial charge in [0.2, 0.25) is 10.0 Å². The van der Waals surface area contributed by atoms with E-state index in [9.17, 15) is 8.42 Å². The molecule has 0 aliphatic heterocycles. The standard InChI is InChI=1S/C9H19Br2NO2S/c1-3-5-6-15(13,14)12-9(4-2,7-10)8-11/h12H,3-8H2,1-2H3. The van der Waals surface area contributed by atoms with E-state index in [-0.39, 0.29) is 5.75 Å². The Hall–Kier alpha value is 0.870. The molecule has 0 heterocycles. The molecule has 1 N–H and O–H groups in total. The summed E-state index contributed by atoms with van der Waals surface area (Å²) in [4.78, 5) is 0. The third-order valence-corrected chi connectivity index (χ3v) is 6.04. The highest BCUT2D eigenvalue weighted by Crippen LogP contribution is 2.18. The lowest BCUT2D eigenvalue weighted by atomic mass is 10.0. The van der Waals surface area contributed by atoms with Crippen LogP contribution < -0.4 is 4.72 Å². The molecular weight excluding hydrogens is 346 g/mol. The van der Waals surface area contributed by atoms with Crippen molar-refractivity contribution in [2.24, 2.45) is 0 Å². The molecule has 0 aromatic rings. The summed E-state index contributed by atoms with van der Waals surface area (Å²) in [7, 11) is -3.15. The first-order chi connectivity index (χ1) is 6.95. The molecule has 0 aromatic carbocycles. The van der Waals surface area contributed by atoms with Gasteiger partial charge in [-0.15, -0.1) is 0 Å². The summed E-state index contributed by atoms with van der Waals surface area (Å²) in [5.41, 5.74) is -0.396. The number of sulfonamides is 1. The molecule has 0 aliphatic rings. The molecule has 0 saturated carbocycles. The predicted molar refractivity (Wildman–Crippen MR) is 72.4 cm³/mol. The van der Waals surface area contributed by atoms with E-state index in [2.05, 4.69) is 36.6 Å². The van der Waals surface area contributed by atoms with Crippen molar-refractivity contribution in [3.05, 3.63) is 0 Å². The van der Waals surface area contributed by atoms with Crippen molar-refractivity contribution >= 4 is 41.9 Å². The number of hydrogen-bond acceptors (Lipinski definition) is 2. The molecule has 0 spiro atoms. The first-order valence-corrected chi connectivity index (χ1v) is 8.98. The normalized spacial score (nSPS) is 13.1. The van der Waals surface area contributed by atoms with Crippen molar-refractivity contribution in [1.82, 2.24) is 4.72 Å². The first-order valence-electron chi connectivity index (χ1n) is 5.09. The van der Waals surface area contributed by atoms with Crippen LogP contribution in [0.15, 0.2) is 0 Å². The first kappa shape index (κ1) is 15.9. The quantitative estimate of drug-likeness (QED) is 0.673. The Morgan fingerprint density at radius 1 is 1.20 bits per heavy atom. The van der Waals surface area contributed by atoms with Crippen LogP contribution in [0.4, 0.5) is 0 Å². The maximum absolute atomic E-state index is 11.7. The number of alkyl halides is 2. The Balaban J connectivity index is 4.52. The number of rotatable bonds is 8. The Morgan fingerprint density at radius 2 is 1.73 bits per heavy atom. The van der Waals surface area contributed by atoms with Crippen LogP contribution in [0.2, 0.25) is 0 Å². The lowest BCUT2D eigenvalue weighted by Crippen LogP contribution is -2.51. The molecule has 0 bridgehead atoms. The Morgan fingerprint density at radius 3 is 2.07 bits per heavy atom. The van der Waals surface area contributed by atoms with Gasteiger partial charge in [0.15, 0.2) is 0 Å². The number of nitrogens with one attached hydrogen (secondary N) is 1. The lowest BCUT2D eigenvalue weighted by Gasteiger charge is -2.29. The Labute approximate surface area is 110 Å². The van der Waals surface area contributed by atoms with Gasteiger partial charge in [0.25, 0.3) is 0 Å². The van der Waals surface area contributed by atoms with Crippen molar-refractivity contribution in [1.29, 1.82) is 0 Å². The topological polar surface area (TPSA) is 46.2 Å². The Kier molecular flexibility index (Phi) is 7.67. The minimum absolute atomic E-state index is 0.214. The van der Waals surface area contributed by atoms with Gasteiger partial charge >= 0.3 is 0 Å². The van der Waals surface area contributed by atoms with E-state index >= 15 is 0 Å². The van der Waals surface area contributed by atoms with Gasteiger partial charge in [0, 0.05) is 10.7 Å². The van der Waals surface area contributed by atoms with Crippen LogP contribution in [0.3, 0.4) is 0 Å². The molecule has 0 aliphatic carbocycles. The molecule has 0 rings (SSSR count). The predicted octanol–water partition coefficient (Wildman–Crippen LogP) is 2.64. The van der Waals surface area contributed by atoms with Crippen LogP contribution in [-0.2, 0) is 10.0 Å². The van der Waals surface area contributed by atoms with Gasteiger partial charge in [-0.1, -0.05) is 52.1 Å². The van der Waals surface area contributed by atoms with Gasteiger partial charge in [0.1, 0.15) is 0 Å². The molecular formula is C9H19Br2NO2S. The van der Waals surface area contributed by atoms with Gasteiger partial charge in [-0.05, 0) is 12.8 Å². The van der Waals surface area contributed by atoms with E-state index in [0.29, 0.717) is 17.1 Å². The van der Waals surface area contributed by atoms with Crippen molar-refractivity contribution in [3.63, 3.8) is 0 Å². The second-order valence-corrected chi connectivity index (χ2v) is 6.64. The highest BCUT2D eigenvalue weighted by Gasteiger charge is 2.30. The summed E-state index contributed by atoms with van der Waals surface area (Å²) < 4.78 is 26.2. The van der Waals surface area contributed by atoms with Gasteiger partial charge in [-0.25, -0.2) is 13.1 Å². The molecule has 0 atom stereocenters. The summed E-state index contributed by atoms with van der Waals surface area (Å²) in [6.07, 6.45) is 2.36. The SMILES string of the molecule is CCCCS(=O)(=O)NC(CC)(CBr)CBr. The molecule has 3 nitrogen and oxygen atoms in total. The third kappa shape index (κ3) is 5.65. The van der Waals surface area contributed by atoms with Crippen LogP contribution in [0, 0.1) is 0 Å². The second-order valence-electron chi connectivity index (χ2n) is 3.68. The van der Waals surface area contributed by atoms with Crippen molar-refractivity contribution in [2.75, 3.05) is 16.4 Å². The molecule has 0 aromatic heterocycles. The smallest absolute Gasteiger partial charge is 0.212 e. The minimum atomic E-state index is -3.15. The largest absolute Gasteiger partial charge is 0.212 e. The molecule has 0 fully saturated rings. The fourth-order valence-corrected chi connectivity index (χ4v) is 5.16. The van der Waals surface area contributed by atoms with Gasteiger partial charge < -0.3 is 0 Å². The lowest BCUT2D eigenvalue weighted by molar-refractivity contribution is 0.459. The summed E-state index contributed by atoms with van der Waals surface area (Å²) in [5, 5.41) is 1.24. The minimum Gasteiger partial charge on any atom is -0.212 e. The number of halogens is 2. The van der Waals surface area contributed by atoms with Gasteiger partial charge in [0.05, 0.1) is 11.3 Å². The number of unbranched alkanes of at least 4 members (excludes halogenated alkanes) is 1. The maximum atomic E-state index is 11.7. The summed E-state index contributed by atoms with van der Waals surface area (Å²) in [5.74, 6) is 0.214. The van der Waals surface area contributed by atoms with E-state index in [1.54, 1.807) is 0 Å². The van der Waals surface area contributed by atoms with E-state index in [0.717, 1.165) is 12.8 Å². The van der Waals surface area contributed by atoms with E-state index in [4.69, 9.17) is 0 Å². The fourth-order valence-electron chi connectivity index (χ4n) is 1.07. The molecule has 92 valence electrons. The number of hydrogen-bond donors (Lipinski definition) is 1. The molecule has 0 unspecified atom stereocenters. The average molecular weight is 365 g/mol. The van der Waals surface area contributed by atoms with Crippen LogP contribution in [0.1, 0.15) is 33.1 Å². The van der Waals surface area contributed by atoms with Crippen molar-refractivity contribution in [2.45, 2.75) is 38.6 Å². The zero-order valence-electron chi connectivity index (χ0n) is 9.22. The van der Waals surface area contributed by atoms with Gasteiger partial charge in [-0.2, -0.15) is 0 Å². The second kappa shape index (κ2) is 7.25. The molecule has 6 heteroatoms. The van der Waals surface area contributed by atoms with Crippen LogP contribution in [0.5, 0.6) is 0 Å². The van der Waals surface area contributed by atoms with Crippen molar-refractivity contribution in [3.8, 4) is 0 Å². The van der Waals surface area contributed by atoms with E-state index < -0.39 is 15.6 Å². The highest BCUT2D eigenvalue weighted by molar-refractivity contribution is 9.09. The van der Waals surface area contributed by atoms with Gasteiger partial charge in [-0.3, -0.25) is 0 Å². The van der Waals surface area contributed by atoms with Crippen LogP contribution >= 0.6 is 31.9 Å². The van der Waals surface area contributed by atoms with Crippen molar-refractivity contribution < 1.29 is 8.42 Å². The average Bonchev–Trinajstić information content (AvgIpc) is 2.23. The third-order valence-electron chi connectivity index (χ3n) is 2.33. The van der Waals surface area contributed by atoms with Crippen LogP contribution in [0.25, 0.3) is 0 Å². The zero-order valence-corrected chi connectivity index (χ0v) is 13.2. The monoisotopic (exact) mass is 363 g/mol. The molecule has 15 heavy (non-hydrogen) atoms. The zero-order chi connectivity index (χ0) is 11.9. The maximum Gasteiger partial charge on any atom is 0.212 e. The van der Waals surface area contributed by atoms with E-state index in [1.165, 1.54) is 0 Å². The highest BCUT2D eigenvalue weighted by atomic mass is 79.9. The summed E-state index contributed by atoms with van der Waals surface area (Å²) in [6, 6.07) is 0.